The summed E-state index contributed by atoms with van der Waals surface area (Å²) < 4.78 is 0. The van der Waals surface area contributed by atoms with Crippen molar-refractivity contribution >= 4 is 5.91 Å². The molecule has 0 aromatic heterocycles. The van der Waals surface area contributed by atoms with Crippen LogP contribution in [-0.2, 0) is 4.79 Å². The van der Waals surface area contributed by atoms with Gasteiger partial charge in [0.1, 0.15) is 0 Å². The van der Waals surface area contributed by atoms with Crippen LogP contribution in [0.15, 0.2) is 0 Å². The summed E-state index contributed by atoms with van der Waals surface area (Å²) in [4.78, 5) is 10.6. The van der Waals surface area contributed by atoms with Gasteiger partial charge in [0.25, 0.3) is 0 Å². The van der Waals surface area contributed by atoms with Gasteiger partial charge in [0, 0.05) is 34.1 Å². The van der Waals surface area contributed by atoms with Crippen LogP contribution in [0.3, 0.4) is 0 Å². The van der Waals surface area contributed by atoms with Crippen LogP contribution in [0, 0.1) is 0 Å². The van der Waals surface area contributed by atoms with Gasteiger partial charge in [-0.15, -0.1) is 0 Å². The lowest BCUT2D eigenvalue weighted by molar-refractivity contribution is -0.123. The Hall–Kier alpha value is -0.610. The van der Waals surface area contributed by atoms with E-state index in [4.69, 9.17) is 0 Å². The van der Waals surface area contributed by atoms with Crippen LogP contribution in [-0.4, -0.2) is 49.2 Å². The molecule has 1 heterocycles. The van der Waals surface area contributed by atoms with Gasteiger partial charge in [-0.1, -0.05) is 0 Å². The van der Waals surface area contributed by atoms with Crippen molar-refractivity contribution in [2.45, 2.75) is 13.0 Å². The first-order chi connectivity index (χ1) is 5.09. The maximum Gasteiger partial charge on any atom is 0.217 e. The van der Waals surface area contributed by atoms with E-state index in [0.717, 1.165) is 13.1 Å². The Kier molecular flexibility index (Phi) is 2.46. The predicted octanol–water partition coefficient (Wildman–Crippen LogP) is -0.717. The third-order valence-corrected chi connectivity index (χ3v) is 1.84. The van der Waals surface area contributed by atoms with E-state index in [1.165, 1.54) is 0 Å². The molecule has 0 saturated carbocycles. The third kappa shape index (κ3) is 2.17. The molecule has 0 atom stereocenters. The zero-order valence-corrected chi connectivity index (χ0v) is 7.29. The Labute approximate surface area is 67.1 Å². The van der Waals surface area contributed by atoms with E-state index in [-0.39, 0.29) is 5.91 Å². The minimum absolute atomic E-state index is 0.0633. The standard InChI is InChI=1S/C7H15N3O/c1-6(11)8-7-4-10(5-7)9(2)3/h7H,4-5H2,1-3H3,(H,8,11). The van der Waals surface area contributed by atoms with Crippen molar-refractivity contribution < 1.29 is 4.79 Å². The molecule has 1 aliphatic heterocycles. The predicted molar refractivity (Wildman–Crippen MR) is 42.9 cm³/mol. The van der Waals surface area contributed by atoms with Crippen LogP contribution in [0.4, 0.5) is 0 Å². The average molecular weight is 157 g/mol. The van der Waals surface area contributed by atoms with E-state index >= 15 is 0 Å². The first-order valence-electron chi connectivity index (χ1n) is 3.79. The van der Waals surface area contributed by atoms with Crippen LogP contribution < -0.4 is 5.32 Å². The topological polar surface area (TPSA) is 35.6 Å². The fraction of sp³-hybridized carbons (Fsp3) is 0.857. The Morgan fingerprint density at radius 3 is 2.45 bits per heavy atom. The van der Waals surface area contributed by atoms with E-state index in [2.05, 4.69) is 10.3 Å². The number of hydrogen-bond acceptors (Lipinski definition) is 3. The van der Waals surface area contributed by atoms with Gasteiger partial charge in [-0.05, 0) is 0 Å². The summed E-state index contributed by atoms with van der Waals surface area (Å²) in [6, 6.07) is 0.356. The first kappa shape index (κ1) is 8.49. The van der Waals surface area contributed by atoms with Crippen molar-refractivity contribution in [3.8, 4) is 0 Å². The van der Waals surface area contributed by atoms with Gasteiger partial charge in [0.15, 0.2) is 0 Å². The Balaban J connectivity index is 2.14. The van der Waals surface area contributed by atoms with Crippen molar-refractivity contribution in [2.75, 3.05) is 27.2 Å². The second kappa shape index (κ2) is 3.19. The lowest BCUT2D eigenvalue weighted by Crippen LogP contribution is -2.62. The summed E-state index contributed by atoms with van der Waals surface area (Å²) in [6.07, 6.45) is 0. The summed E-state index contributed by atoms with van der Waals surface area (Å²) in [5.41, 5.74) is 0. The van der Waals surface area contributed by atoms with Gasteiger partial charge in [0.2, 0.25) is 5.91 Å². The summed E-state index contributed by atoms with van der Waals surface area (Å²) in [7, 11) is 4.01. The van der Waals surface area contributed by atoms with E-state index in [1.807, 2.05) is 19.1 Å². The molecule has 1 saturated heterocycles. The van der Waals surface area contributed by atoms with Gasteiger partial charge in [-0.2, -0.15) is 0 Å². The molecule has 0 radical (unpaired) electrons. The van der Waals surface area contributed by atoms with Crippen molar-refractivity contribution in [2.24, 2.45) is 0 Å². The zero-order valence-electron chi connectivity index (χ0n) is 7.29. The fourth-order valence-corrected chi connectivity index (χ4v) is 1.16. The number of carbonyl (C=O) groups is 1. The minimum Gasteiger partial charge on any atom is -0.351 e. The molecule has 0 bridgehead atoms. The lowest BCUT2D eigenvalue weighted by Gasteiger charge is -2.42. The van der Waals surface area contributed by atoms with Crippen LogP contribution >= 0.6 is 0 Å². The highest BCUT2D eigenvalue weighted by molar-refractivity contribution is 5.73. The summed E-state index contributed by atoms with van der Waals surface area (Å²) >= 11 is 0. The maximum absolute atomic E-state index is 10.6. The quantitative estimate of drug-likeness (QED) is 0.575. The van der Waals surface area contributed by atoms with Crippen molar-refractivity contribution in [3.05, 3.63) is 0 Å². The van der Waals surface area contributed by atoms with E-state index in [1.54, 1.807) is 6.92 Å². The Morgan fingerprint density at radius 1 is 1.55 bits per heavy atom. The third-order valence-electron chi connectivity index (χ3n) is 1.84. The monoisotopic (exact) mass is 157 g/mol. The molecule has 11 heavy (non-hydrogen) atoms. The molecule has 1 N–H and O–H groups in total. The number of hydrogen-bond donors (Lipinski definition) is 1. The fourth-order valence-electron chi connectivity index (χ4n) is 1.16. The SMILES string of the molecule is CC(=O)NC1CN(N(C)C)C1. The molecular weight excluding hydrogens is 142 g/mol. The van der Waals surface area contributed by atoms with Crippen LogP contribution in [0.2, 0.25) is 0 Å². The van der Waals surface area contributed by atoms with Gasteiger partial charge in [-0.25, -0.2) is 10.0 Å². The molecule has 0 spiro atoms. The molecule has 1 fully saturated rings. The Bertz CT molecular complexity index is 152. The largest absolute Gasteiger partial charge is 0.351 e. The second-order valence-corrected chi connectivity index (χ2v) is 3.12. The molecule has 4 heteroatoms. The normalized spacial score (nSPS) is 20.0. The van der Waals surface area contributed by atoms with Crippen LogP contribution in [0.5, 0.6) is 0 Å². The number of hydrazine groups is 1. The molecule has 1 amide bonds. The van der Waals surface area contributed by atoms with Gasteiger partial charge < -0.3 is 5.32 Å². The summed E-state index contributed by atoms with van der Waals surface area (Å²) in [5, 5.41) is 7.06. The highest BCUT2D eigenvalue weighted by Crippen LogP contribution is 2.07. The first-order valence-corrected chi connectivity index (χ1v) is 3.79. The molecule has 0 aliphatic carbocycles. The van der Waals surface area contributed by atoms with E-state index in [9.17, 15) is 4.79 Å². The van der Waals surface area contributed by atoms with Gasteiger partial charge >= 0.3 is 0 Å². The second-order valence-electron chi connectivity index (χ2n) is 3.12. The summed E-state index contributed by atoms with van der Waals surface area (Å²) in [5.74, 6) is 0.0633. The average Bonchev–Trinajstić information content (AvgIpc) is 1.75. The molecule has 0 aromatic rings. The molecule has 0 aromatic carbocycles. The molecule has 0 unspecified atom stereocenters. The van der Waals surface area contributed by atoms with E-state index in [0.29, 0.717) is 6.04 Å². The lowest BCUT2D eigenvalue weighted by atomic mass is 10.1. The number of amides is 1. The zero-order chi connectivity index (χ0) is 8.43. The smallest absolute Gasteiger partial charge is 0.217 e. The number of nitrogens with one attached hydrogen (secondary N) is 1. The molecule has 1 rings (SSSR count). The Morgan fingerprint density at radius 2 is 2.09 bits per heavy atom. The minimum atomic E-state index is 0.0633. The van der Waals surface area contributed by atoms with Crippen LogP contribution in [0.25, 0.3) is 0 Å². The van der Waals surface area contributed by atoms with Crippen molar-refractivity contribution in [1.82, 2.24) is 15.3 Å². The maximum atomic E-state index is 10.6. The number of carbonyl (C=O) groups excluding carboxylic acids is 1. The van der Waals surface area contributed by atoms with Crippen molar-refractivity contribution in [3.63, 3.8) is 0 Å². The molecular formula is C7H15N3O. The van der Waals surface area contributed by atoms with Gasteiger partial charge in [0.05, 0.1) is 6.04 Å². The molecule has 1 aliphatic rings. The number of rotatable bonds is 2. The van der Waals surface area contributed by atoms with Gasteiger partial charge in [-0.3, -0.25) is 4.79 Å². The van der Waals surface area contributed by atoms with E-state index < -0.39 is 0 Å². The molecule has 64 valence electrons. The van der Waals surface area contributed by atoms with Crippen molar-refractivity contribution in [1.29, 1.82) is 0 Å². The highest BCUT2D eigenvalue weighted by atomic mass is 16.1. The summed E-state index contributed by atoms with van der Waals surface area (Å²) in [6.45, 7) is 3.43. The number of nitrogens with zero attached hydrogens (tertiary/aromatic N) is 2. The van der Waals surface area contributed by atoms with Crippen LogP contribution in [0.1, 0.15) is 6.92 Å². The highest BCUT2D eigenvalue weighted by Gasteiger charge is 2.28. The molecule has 4 nitrogen and oxygen atoms in total.